The Balaban J connectivity index is 1.64. The zero-order valence-electron chi connectivity index (χ0n) is 18.9. The van der Waals surface area contributed by atoms with Crippen molar-refractivity contribution in [2.45, 2.75) is 24.9 Å². The first-order valence-corrected chi connectivity index (χ1v) is 11.2. The van der Waals surface area contributed by atoms with Gasteiger partial charge in [0.05, 0.1) is 5.56 Å². The van der Waals surface area contributed by atoms with Crippen LogP contribution in [0.3, 0.4) is 0 Å². The molecule has 0 saturated heterocycles. The van der Waals surface area contributed by atoms with Crippen LogP contribution < -0.4 is 11.5 Å². The molecule has 9 heteroatoms. The molecule has 0 unspecified atom stereocenters. The monoisotopic (exact) mass is 486 g/mol. The smallest absolute Gasteiger partial charge is 0.255 e. The lowest BCUT2D eigenvalue weighted by atomic mass is 9.59. The third-order valence-electron chi connectivity index (χ3n) is 7.20. The van der Waals surface area contributed by atoms with Crippen LogP contribution in [0.1, 0.15) is 35.1 Å². The van der Waals surface area contributed by atoms with Crippen LogP contribution in [0.5, 0.6) is 5.75 Å². The lowest BCUT2D eigenvalue weighted by Crippen LogP contribution is -2.58. The number of hydrogen-bond donors (Lipinski definition) is 6. The Morgan fingerprint density at radius 1 is 1.00 bits per heavy atom. The lowest BCUT2D eigenvalue weighted by molar-refractivity contribution is -0.147. The van der Waals surface area contributed by atoms with Gasteiger partial charge in [-0.25, -0.2) is 0 Å². The van der Waals surface area contributed by atoms with Crippen molar-refractivity contribution in [1.82, 2.24) is 0 Å². The van der Waals surface area contributed by atoms with Gasteiger partial charge in [-0.15, -0.1) is 0 Å². The number of carbonyl (C=O) groups is 3. The molecule has 5 rings (SSSR count). The van der Waals surface area contributed by atoms with Crippen LogP contribution in [0.25, 0.3) is 5.76 Å². The van der Waals surface area contributed by atoms with E-state index in [2.05, 4.69) is 11.8 Å². The molecule has 0 aromatic heterocycles. The molecule has 2 aromatic rings. The van der Waals surface area contributed by atoms with Crippen LogP contribution in [0.2, 0.25) is 0 Å². The van der Waals surface area contributed by atoms with Crippen LogP contribution in [0.4, 0.5) is 5.69 Å². The highest BCUT2D eigenvalue weighted by Crippen LogP contribution is 2.52. The quantitative estimate of drug-likeness (QED) is 0.198. The van der Waals surface area contributed by atoms with E-state index < -0.39 is 52.0 Å². The summed E-state index contributed by atoms with van der Waals surface area (Å²) in [6.45, 7) is 0. The molecule has 0 radical (unpaired) electrons. The van der Waals surface area contributed by atoms with Crippen molar-refractivity contribution in [3.63, 3.8) is 0 Å². The van der Waals surface area contributed by atoms with Gasteiger partial charge in [-0.05, 0) is 60.7 Å². The number of phenolic OH excluding ortho intramolecular Hbond substituents is 1. The fourth-order valence-corrected chi connectivity index (χ4v) is 5.44. The molecule has 1 fully saturated rings. The number of aromatic hydroxyl groups is 1. The van der Waals surface area contributed by atoms with Crippen molar-refractivity contribution in [1.29, 1.82) is 0 Å². The third kappa shape index (κ3) is 3.26. The molecule has 3 atom stereocenters. The van der Waals surface area contributed by atoms with Crippen LogP contribution >= 0.6 is 0 Å². The molecule has 3 aliphatic carbocycles. The summed E-state index contributed by atoms with van der Waals surface area (Å²) in [5, 5.41) is 43.6. The molecule has 0 spiro atoms. The fourth-order valence-electron chi connectivity index (χ4n) is 5.44. The molecule has 182 valence electrons. The van der Waals surface area contributed by atoms with Gasteiger partial charge in [0.2, 0.25) is 5.78 Å². The standard InChI is InChI=1S/C27H22N2O7/c28-16-6-2-12(3-7-16)1-4-13-5-8-18(30)21-17(13)10-14-9-15-11-19(31)22(26(29)35)25(34)27(15,36)24(33)20(14)23(21)32/h2-3,5-8,14-15,30,32,34,36H,9-11,28H2,(H2,29,35)/t14-,15+,27+/m1/s1. The van der Waals surface area contributed by atoms with Crippen molar-refractivity contribution in [2.75, 3.05) is 5.73 Å². The summed E-state index contributed by atoms with van der Waals surface area (Å²) in [6, 6.07) is 9.89. The minimum atomic E-state index is -2.59. The largest absolute Gasteiger partial charge is 0.508 e. The molecule has 9 nitrogen and oxygen atoms in total. The number of fused-ring (bicyclic) bond motifs is 3. The predicted octanol–water partition coefficient (Wildman–Crippen LogP) is 1.41. The summed E-state index contributed by atoms with van der Waals surface area (Å²) in [5.74, 6) is -0.576. The van der Waals surface area contributed by atoms with E-state index in [1.807, 2.05) is 0 Å². The van der Waals surface area contributed by atoms with Crippen LogP contribution in [0.15, 0.2) is 53.3 Å². The molecule has 3 aliphatic rings. The molecule has 2 aromatic carbocycles. The van der Waals surface area contributed by atoms with E-state index >= 15 is 0 Å². The van der Waals surface area contributed by atoms with Gasteiger partial charge in [0.1, 0.15) is 22.8 Å². The average molecular weight is 486 g/mol. The molecule has 1 amide bonds. The Morgan fingerprint density at radius 2 is 1.69 bits per heavy atom. The number of rotatable bonds is 1. The maximum absolute atomic E-state index is 13.5. The van der Waals surface area contributed by atoms with Gasteiger partial charge in [-0.2, -0.15) is 0 Å². The first-order valence-electron chi connectivity index (χ1n) is 11.2. The first-order chi connectivity index (χ1) is 17.0. The Bertz CT molecular complexity index is 1490. The molecule has 0 aliphatic heterocycles. The number of primary amides is 1. The number of amides is 1. The zero-order valence-corrected chi connectivity index (χ0v) is 18.9. The minimum absolute atomic E-state index is 0.00577. The highest BCUT2D eigenvalue weighted by atomic mass is 16.3. The fraction of sp³-hybridized carbons (Fsp3) is 0.222. The van der Waals surface area contributed by atoms with Crippen molar-refractivity contribution >= 4 is 28.9 Å². The topological polar surface area (TPSA) is 184 Å². The number of aliphatic hydroxyl groups excluding tert-OH is 2. The third-order valence-corrected chi connectivity index (χ3v) is 7.20. The van der Waals surface area contributed by atoms with Gasteiger partial charge in [0.15, 0.2) is 11.4 Å². The van der Waals surface area contributed by atoms with E-state index in [1.165, 1.54) is 6.07 Å². The predicted molar refractivity (Wildman–Crippen MR) is 128 cm³/mol. The molecule has 0 bridgehead atoms. The number of benzene rings is 2. The van der Waals surface area contributed by atoms with Gasteiger partial charge in [0, 0.05) is 34.7 Å². The summed E-state index contributed by atoms with van der Waals surface area (Å²) in [6.07, 6.45) is -0.121. The minimum Gasteiger partial charge on any atom is -0.508 e. The molecule has 8 N–H and O–H groups in total. The van der Waals surface area contributed by atoms with Crippen molar-refractivity contribution in [3.8, 4) is 17.6 Å². The second-order valence-corrected chi connectivity index (χ2v) is 9.26. The van der Waals surface area contributed by atoms with E-state index in [0.717, 1.165) is 0 Å². The molecule has 36 heavy (non-hydrogen) atoms. The Kier molecular flexibility index (Phi) is 5.16. The summed E-state index contributed by atoms with van der Waals surface area (Å²) in [7, 11) is 0. The number of aliphatic hydroxyl groups is 3. The highest BCUT2D eigenvalue weighted by Gasteiger charge is 2.60. The van der Waals surface area contributed by atoms with E-state index in [0.29, 0.717) is 22.4 Å². The van der Waals surface area contributed by atoms with Gasteiger partial charge in [-0.3, -0.25) is 14.4 Å². The molecule has 1 saturated carbocycles. The van der Waals surface area contributed by atoms with E-state index in [1.54, 1.807) is 30.3 Å². The summed E-state index contributed by atoms with van der Waals surface area (Å²) < 4.78 is 0. The van der Waals surface area contributed by atoms with Gasteiger partial charge in [-0.1, -0.05) is 11.8 Å². The SMILES string of the molecule is NC(=O)C1=C(O)[C@@]2(O)C(=O)C3=C(O)c4c(O)ccc(C#Cc5ccc(N)cc5)c4C[C@H]3C[C@H]2CC1=O. The van der Waals surface area contributed by atoms with Crippen LogP contribution in [0, 0.1) is 23.7 Å². The van der Waals surface area contributed by atoms with Gasteiger partial charge in [0.25, 0.3) is 5.91 Å². The van der Waals surface area contributed by atoms with Crippen LogP contribution in [-0.2, 0) is 20.8 Å². The molecule has 0 heterocycles. The second-order valence-electron chi connectivity index (χ2n) is 9.26. The number of carbonyl (C=O) groups excluding carboxylic acids is 3. The molecular formula is C27H22N2O7. The van der Waals surface area contributed by atoms with Gasteiger partial charge < -0.3 is 31.9 Å². The Labute approximate surface area is 205 Å². The second kappa shape index (κ2) is 8.00. The number of anilines is 1. The maximum atomic E-state index is 13.5. The maximum Gasteiger partial charge on any atom is 0.255 e. The first kappa shape index (κ1) is 23.2. The van der Waals surface area contributed by atoms with Crippen molar-refractivity contribution in [3.05, 3.63) is 75.6 Å². The summed E-state index contributed by atoms with van der Waals surface area (Å²) >= 11 is 0. The van der Waals surface area contributed by atoms with Gasteiger partial charge >= 0.3 is 0 Å². The lowest BCUT2D eigenvalue weighted by Gasteiger charge is -2.46. The van der Waals surface area contributed by atoms with Crippen molar-refractivity contribution < 1.29 is 34.8 Å². The number of nitrogen functional groups attached to an aromatic ring is 1. The number of hydrogen-bond acceptors (Lipinski definition) is 8. The average Bonchev–Trinajstić information content (AvgIpc) is 2.81. The normalized spacial score (nSPS) is 24.9. The van der Waals surface area contributed by atoms with E-state index in [4.69, 9.17) is 11.5 Å². The summed E-state index contributed by atoms with van der Waals surface area (Å²) in [5.41, 5.74) is 9.66. The number of phenols is 1. The van der Waals surface area contributed by atoms with Crippen molar-refractivity contribution in [2.24, 2.45) is 17.6 Å². The van der Waals surface area contributed by atoms with E-state index in [-0.39, 0.29) is 36.1 Å². The molecular weight excluding hydrogens is 464 g/mol. The Morgan fingerprint density at radius 3 is 2.36 bits per heavy atom. The summed E-state index contributed by atoms with van der Waals surface area (Å²) in [4.78, 5) is 37.7. The van der Waals surface area contributed by atoms with Crippen LogP contribution in [-0.4, -0.2) is 43.5 Å². The van der Waals surface area contributed by atoms with E-state index in [9.17, 15) is 34.8 Å². The number of ketones is 2. The Hall–Kier alpha value is -4.55. The number of Topliss-reactive ketones (excluding diaryl/α,β-unsaturated/α-hetero) is 2. The number of nitrogens with two attached hydrogens (primary N) is 2. The highest BCUT2D eigenvalue weighted by molar-refractivity contribution is 6.22. The zero-order chi connectivity index (χ0) is 25.9.